The average molecular weight is 321 g/mol. The molecule has 1 aromatic carbocycles. The zero-order chi connectivity index (χ0) is 13.8. The largest absolute Gasteiger partial charge is 0.291 e. The van der Waals surface area contributed by atoms with Gasteiger partial charge in [0.05, 0.1) is 4.92 Å². The van der Waals surface area contributed by atoms with E-state index in [1.165, 1.54) is 0 Å². The number of hydrogen-bond donors (Lipinski definition) is 0. The number of nitrogens with zero attached hydrogens (tertiary/aromatic N) is 2. The molecule has 1 aromatic heterocycles. The van der Waals surface area contributed by atoms with Gasteiger partial charge in [0.2, 0.25) is 0 Å². The molecule has 0 saturated heterocycles. The number of halogens is 1. The minimum absolute atomic E-state index is 0.0163. The van der Waals surface area contributed by atoms with Crippen molar-refractivity contribution < 1.29 is 4.92 Å². The highest BCUT2D eigenvalue weighted by atomic mass is 79.9. The molecule has 0 amide bonds. The molecule has 0 aliphatic heterocycles. The van der Waals surface area contributed by atoms with E-state index >= 15 is 0 Å². The number of hydrogen-bond acceptors (Lipinski definition) is 3. The van der Waals surface area contributed by atoms with E-state index < -0.39 is 0 Å². The van der Waals surface area contributed by atoms with Crippen LogP contribution in [0.4, 0.5) is 5.69 Å². The third kappa shape index (κ3) is 3.38. The predicted molar refractivity (Wildman–Crippen MR) is 77.4 cm³/mol. The molecule has 2 aromatic rings. The molecule has 0 aliphatic carbocycles. The zero-order valence-corrected chi connectivity index (χ0v) is 12.0. The molecule has 19 heavy (non-hydrogen) atoms. The van der Waals surface area contributed by atoms with Crippen molar-refractivity contribution in [1.29, 1.82) is 0 Å². The number of nitro groups is 1. The van der Waals surface area contributed by atoms with Crippen LogP contribution in [0.1, 0.15) is 21.6 Å². The van der Waals surface area contributed by atoms with E-state index in [4.69, 9.17) is 0 Å². The molecule has 98 valence electrons. The fraction of sp³-hybridized carbons (Fsp3) is 0.214. The summed E-state index contributed by atoms with van der Waals surface area (Å²) in [6, 6.07) is 11.4. The second-order valence-corrected chi connectivity index (χ2v) is 5.42. The third-order valence-corrected chi connectivity index (χ3v) is 3.67. The Bertz CT molecular complexity index is 587. The fourth-order valence-corrected chi connectivity index (χ4v) is 2.46. The molecule has 0 fully saturated rings. The van der Waals surface area contributed by atoms with Crippen LogP contribution in [0.15, 0.2) is 42.6 Å². The Morgan fingerprint density at radius 2 is 2.05 bits per heavy atom. The second-order valence-electron chi connectivity index (χ2n) is 4.32. The van der Waals surface area contributed by atoms with Crippen LogP contribution in [0.25, 0.3) is 0 Å². The van der Waals surface area contributed by atoms with Crippen LogP contribution in [0.3, 0.4) is 0 Å². The minimum atomic E-state index is -0.375. The number of benzene rings is 1. The highest BCUT2D eigenvalue weighted by Crippen LogP contribution is 2.29. The van der Waals surface area contributed by atoms with E-state index in [1.54, 1.807) is 19.2 Å². The number of alkyl halides is 1. The smallest absolute Gasteiger partial charge is 0.258 e. The van der Waals surface area contributed by atoms with E-state index in [-0.39, 0.29) is 15.4 Å². The summed E-state index contributed by atoms with van der Waals surface area (Å²) in [4.78, 5) is 14.9. The third-order valence-electron chi connectivity index (χ3n) is 2.81. The van der Waals surface area contributed by atoms with Crippen molar-refractivity contribution in [1.82, 2.24) is 4.98 Å². The quantitative estimate of drug-likeness (QED) is 0.486. The lowest BCUT2D eigenvalue weighted by atomic mass is 10.1. The Kier molecular flexibility index (Phi) is 4.27. The summed E-state index contributed by atoms with van der Waals surface area (Å²) in [5.74, 6) is 0. The SMILES string of the molecule is Cc1cnc(CC(Br)c2ccccc2)c([N+](=O)[O-])c1. The summed E-state index contributed by atoms with van der Waals surface area (Å²) in [7, 11) is 0. The second kappa shape index (κ2) is 5.93. The van der Waals surface area contributed by atoms with Crippen LogP contribution < -0.4 is 0 Å². The molecule has 0 aliphatic rings. The van der Waals surface area contributed by atoms with Gasteiger partial charge in [-0.05, 0) is 18.1 Å². The normalized spacial score (nSPS) is 12.1. The maximum atomic E-state index is 11.0. The van der Waals surface area contributed by atoms with Gasteiger partial charge in [0.15, 0.2) is 0 Å². The Balaban J connectivity index is 2.26. The summed E-state index contributed by atoms with van der Waals surface area (Å²) in [6.07, 6.45) is 2.15. The first-order valence-corrected chi connectivity index (χ1v) is 6.78. The Morgan fingerprint density at radius 3 is 2.68 bits per heavy atom. The summed E-state index contributed by atoms with van der Waals surface area (Å²) in [5, 5.41) is 11.0. The van der Waals surface area contributed by atoms with Crippen LogP contribution in [0.5, 0.6) is 0 Å². The molecule has 0 saturated carbocycles. The van der Waals surface area contributed by atoms with Gasteiger partial charge in [-0.3, -0.25) is 15.1 Å². The van der Waals surface area contributed by atoms with Crippen molar-refractivity contribution in [3.05, 3.63) is 69.5 Å². The highest BCUT2D eigenvalue weighted by molar-refractivity contribution is 9.09. The molecule has 4 nitrogen and oxygen atoms in total. The number of rotatable bonds is 4. The molecular formula is C14H13BrN2O2. The molecule has 2 rings (SSSR count). The molecular weight excluding hydrogens is 308 g/mol. The van der Waals surface area contributed by atoms with Crippen LogP contribution in [-0.2, 0) is 6.42 Å². The van der Waals surface area contributed by atoms with Crippen LogP contribution in [0, 0.1) is 17.0 Å². The summed E-state index contributed by atoms with van der Waals surface area (Å²) in [5.41, 5.74) is 2.46. The number of aryl methyl sites for hydroxylation is 1. The predicted octanol–water partition coefficient (Wildman–Crippen LogP) is 3.98. The first kappa shape index (κ1) is 13.7. The van der Waals surface area contributed by atoms with Crippen LogP contribution in [0.2, 0.25) is 0 Å². The highest BCUT2D eigenvalue weighted by Gasteiger charge is 2.19. The van der Waals surface area contributed by atoms with Crippen molar-refractivity contribution in [2.45, 2.75) is 18.2 Å². The van der Waals surface area contributed by atoms with E-state index in [2.05, 4.69) is 20.9 Å². The molecule has 0 N–H and O–H groups in total. The molecule has 5 heteroatoms. The Labute approximate surface area is 119 Å². The van der Waals surface area contributed by atoms with E-state index in [1.807, 2.05) is 30.3 Å². The van der Waals surface area contributed by atoms with Crippen molar-refractivity contribution in [3.63, 3.8) is 0 Å². The summed E-state index contributed by atoms with van der Waals surface area (Å²) in [6.45, 7) is 1.80. The summed E-state index contributed by atoms with van der Waals surface area (Å²) < 4.78 is 0. The first-order valence-electron chi connectivity index (χ1n) is 5.87. The van der Waals surface area contributed by atoms with Gasteiger partial charge in [-0.2, -0.15) is 0 Å². The lowest BCUT2D eigenvalue weighted by molar-refractivity contribution is -0.386. The lowest BCUT2D eigenvalue weighted by Crippen LogP contribution is -2.03. The number of pyridine rings is 1. The maximum absolute atomic E-state index is 11.0. The lowest BCUT2D eigenvalue weighted by Gasteiger charge is -2.10. The topological polar surface area (TPSA) is 56.0 Å². The zero-order valence-electron chi connectivity index (χ0n) is 10.4. The molecule has 0 spiro atoms. The van der Waals surface area contributed by atoms with Crippen molar-refractivity contribution in [2.24, 2.45) is 0 Å². The fourth-order valence-electron chi connectivity index (χ4n) is 1.85. The molecule has 0 bridgehead atoms. The van der Waals surface area contributed by atoms with Gasteiger partial charge < -0.3 is 0 Å². The van der Waals surface area contributed by atoms with Crippen molar-refractivity contribution in [3.8, 4) is 0 Å². The molecule has 1 atom stereocenters. The van der Waals surface area contributed by atoms with Gasteiger partial charge >= 0.3 is 0 Å². The van der Waals surface area contributed by atoms with Gasteiger partial charge in [-0.25, -0.2) is 0 Å². The van der Waals surface area contributed by atoms with Crippen LogP contribution in [-0.4, -0.2) is 9.91 Å². The van der Waals surface area contributed by atoms with Gasteiger partial charge in [0.25, 0.3) is 5.69 Å². The van der Waals surface area contributed by atoms with Gasteiger partial charge in [-0.15, -0.1) is 0 Å². The first-order chi connectivity index (χ1) is 9.08. The van der Waals surface area contributed by atoms with E-state index in [0.29, 0.717) is 12.1 Å². The Morgan fingerprint density at radius 1 is 1.37 bits per heavy atom. The molecule has 0 radical (unpaired) electrons. The van der Waals surface area contributed by atoms with Gasteiger partial charge in [-0.1, -0.05) is 46.3 Å². The van der Waals surface area contributed by atoms with Gasteiger partial charge in [0.1, 0.15) is 5.69 Å². The molecule has 1 heterocycles. The maximum Gasteiger partial charge on any atom is 0.291 e. The van der Waals surface area contributed by atoms with Gasteiger partial charge in [0, 0.05) is 23.5 Å². The molecule has 1 unspecified atom stereocenters. The number of aromatic nitrogens is 1. The van der Waals surface area contributed by atoms with E-state index in [0.717, 1.165) is 11.1 Å². The Hall–Kier alpha value is -1.75. The average Bonchev–Trinajstić information content (AvgIpc) is 2.41. The van der Waals surface area contributed by atoms with E-state index in [9.17, 15) is 10.1 Å². The van der Waals surface area contributed by atoms with Crippen LogP contribution >= 0.6 is 15.9 Å². The standard InChI is InChI=1S/C14H13BrN2O2/c1-10-7-14(17(18)19)13(16-9-10)8-12(15)11-5-3-2-4-6-11/h2-7,9,12H,8H2,1H3. The van der Waals surface area contributed by atoms with Crippen molar-refractivity contribution >= 4 is 21.6 Å². The van der Waals surface area contributed by atoms with Crippen molar-refractivity contribution in [2.75, 3.05) is 0 Å². The summed E-state index contributed by atoms with van der Waals surface area (Å²) >= 11 is 3.56. The monoisotopic (exact) mass is 320 g/mol. The minimum Gasteiger partial charge on any atom is -0.258 e.